The molecule has 5 heterocycles. The standard InChI is InChI=1S/C42H29N3O.C27H27BO3.C21H14BrN3/c1-42(2)35-19-10-9-18-31(35)32-24-34-33-23-29(20-21-37(33)46-38(34)25-36(32)42)28-16-11-17-30(22-28)41-44-39(26-12-5-3-6-13-26)43-40(45-41)27-14-7-4-8-15-27;1-25(2)21-10-8-7-9-17(21)18-14-20-19-13-16(28-30-26(3,4)27(5,6)31-28)11-12-23(19)29-24(20)15-22(18)25;22-18-13-7-12-17(14-18)21-24-19(15-8-3-1-4-9-15)23-20(25-21)16-10-5-2-6-11-16/h3-25H,1-2H3;7-15H,1-6H3;1-14H. The van der Waals surface area contributed by atoms with Gasteiger partial charge in [-0.1, -0.05) is 262 Å². The Morgan fingerprint density at radius 3 is 1.05 bits per heavy atom. The summed E-state index contributed by atoms with van der Waals surface area (Å²) in [5.41, 5.74) is 22.4. The second-order valence-corrected chi connectivity index (χ2v) is 29.5. The first-order valence-electron chi connectivity index (χ1n) is 34.6. The van der Waals surface area contributed by atoms with Crippen LogP contribution >= 0.6 is 15.9 Å². The van der Waals surface area contributed by atoms with Gasteiger partial charge in [-0.05, 0) is 149 Å². The van der Waals surface area contributed by atoms with Crippen LogP contribution in [0.2, 0.25) is 0 Å². The van der Waals surface area contributed by atoms with Crippen LogP contribution < -0.4 is 5.46 Å². The van der Waals surface area contributed by atoms with Crippen LogP contribution in [0.15, 0.2) is 292 Å². The molecule has 0 radical (unpaired) electrons. The highest BCUT2D eigenvalue weighted by Crippen LogP contribution is 2.53. The molecule has 1 saturated heterocycles. The highest BCUT2D eigenvalue weighted by Gasteiger charge is 2.52. The maximum absolute atomic E-state index is 6.44. The number of furan rings is 2. The topological polar surface area (TPSA) is 122 Å². The molecule has 10 nitrogen and oxygen atoms in total. The lowest BCUT2D eigenvalue weighted by molar-refractivity contribution is 0.00578. The summed E-state index contributed by atoms with van der Waals surface area (Å²) in [5, 5.41) is 4.49. The molecule has 1 fully saturated rings. The van der Waals surface area contributed by atoms with Gasteiger partial charge in [0, 0.05) is 70.2 Å². The zero-order valence-corrected chi connectivity index (χ0v) is 59.4. The van der Waals surface area contributed by atoms with E-state index in [1.165, 1.54) is 44.5 Å². The number of hydrogen-bond acceptors (Lipinski definition) is 10. The van der Waals surface area contributed by atoms with E-state index in [1.807, 2.05) is 152 Å². The van der Waals surface area contributed by atoms with Gasteiger partial charge in [-0.2, -0.15) is 0 Å². The van der Waals surface area contributed by atoms with Gasteiger partial charge in [-0.25, -0.2) is 29.9 Å². The Hall–Kier alpha value is -11.3. The number of hydrogen-bond donors (Lipinski definition) is 0. The summed E-state index contributed by atoms with van der Waals surface area (Å²) >= 11 is 3.52. The van der Waals surface area contributed by atoms with E-state index in [1.54, 1.807) is 0 Å². The Labute approximate surface area is 601 Å². The Balaban J connectivity index is 0.000000120. The molecule has 2 aliphatic carbocycles. The van der Waals surface area contributed by atoms with Crippen LogP contribution in [0.4, 0.5) is 0 Å². The van der Waals surface area contributed by atoms with Gasteiger partial charge in [0.05, 0.1) is 11.2 Å². The minimum atomic E-state index is -0.381. The lowest BCUT2D eigenvalue weighted by Gasteiger charge is -2.32. The molecule has 0 spiro atoms. The van der Waals surface area contributed by atoms with Crippen molar-refractivity contribution >= 4 is 72.4 Å². The first-order chi connectivity index (χ1) is 49.4. The predicted octanol–water partition coefficient (Wildman–Crippen LogP) is 22.6. The average molecular weight is 1390 g/mol. The van der Waals surface area contributed by atoms with Crippen molar-refractivity contribution in [2.75, 3.05) is 0 Å². The molecule has 12 aromatic carbocycles. The highest BCUT2D eigenvalue weighted by atomic mass is 79.9. The van der Waals surface area contributed by atoms with Crippen LogP contribution in [0, 0.1) is 0 Å². The lowest BCUT2D eigenvalue weighted by atomic mass is 9.78. The quantitative estimate of drug-likeness (QED) is 0.136. The van der Waals surface area contributed by atoms with Crippen molar-refractivity contribution in [1.29, 1.82) is 0 Å². The monoisotopic (exact) mass is 1390 g/mol. The van der Waals surface area contributed by atoms with Gasteiger partial charge in [0.25, 0.3) is 0 Å². The summed E-state index contributed by atoms with van der Waals surface area (Å²) < 4.78 is 26.3. The first kappa shape index (κ1) is 64.1. The predicted molar refractivity (Wildman–Crippen MR) is 417 cm³/mol. The number of nitrogens with zero attached hydrogens (tertiary/aromatic N) is 6. The normalized spacial score (nSPS) is 14.7. The van der Waals surface area contributed by atoms with Crippen molar-refractivity contribution < 1.29 is 18.1 Å². The van der Waals surface area contributed by atoms with Crippen LogP contribution in [0.1, 0.15) is 77.6 Å². The summed E-state index contributed by atoms with van der Waals surface area (Å²) in [7, 11) is -0.381. The largest absolute Gasteiger partial charge is 0.494 e. The molecule has 0 unspecified atom stereocenters. The lowest BCUT2D eigenvalue weighted by Crippen LogP contribution is -2.41. The van der Waals surface area contributed by atoms with E-state index in [-0.39, 0.29) is 29.2 Å². The molecule has 3 aliphatic rings. The SMILES string of the molecule is Brc1cccc(-c2nc(-c3ccccc3)nc(-c3ccccc3)n2)c1.CC1(C)c2ccccc2-c2cc3c(cc21)oc1ccc(-c2cccc(-c4nc(-c5ccccc5)nc(-c5ccccc5)n4)c2)cc13.CC1(C)c2ccccc2-c2cc3c(cc21)oc1ccc(B2OC(C)(C)C(C)(C)O2)cc13. The van der Waals surface area contributed by atoms with Crippen LogP contribution in [0.3, 0.4) is 0 Å². The van der Waals surface area contributed by atoms with Gasteiger partial charge in [0.1, 0.15) is 22.3 Å². The smallest absolute Gasteiger partial charge is 0.456 e. The molecule has 19 rings (SSSR count). The van der Waals surface area contributed by atoms with Gasteiger partial charge in [-0.15, -0.1) is 0 Å². The van der Waals surface area contributed by atoms with E-state index in [9.17, 15) is 0 Å². The Kier molecular flexibility index (Phi) is 15.8. The zero-order chi connectivity index (χ0) is 69.7. The molecule has 0 N–H and O–H groups in total. The molecule has 0 amide bonds. The third-order valence-electron chi connectivity index (χ3n) is 20.8. The Morgan fingerprint density at radius 2 is 0.608 bits per heavy atom. The fraction of sp³-hybridized carbons (Fsp3) is 0.133. The molecular weight excluding hydrogens is 1320 g/mol. The number of aromatic nitrogens is 6. The minimum absolute atomic E-state index is 0.0348. The van der Waals surface area contributed by atoms with Crippen molar-refractivity contribution in [2.24, 2.45) is 0 Å². The van der Waals surface area contributed by atoms with Crippen LogP contribution in [0.5, 0.6) is 0 Å². The molecule has 12 heteroatoms. The number of benzene rings is 12. The van der Waals surface area contributed by atoms with Crippen molar-refractivity contribution in [1.82, 2.24) is 29.9 Å². The third-order valence-corrected chi connectivity index (χ3v) is 21.3. The van der Waals surface area contributed by atoms with E-state index >= 15 is 0 Å². The highest BCUT2D eigenvalue weighted by molar-refractivity contribution is 9.10. The molecule has 494 valence electrons. The number of rotatable bonds is 8. The molecule has 4 aromatic heterocycles. The van der Waals surface area contributed by atoms with Crippen molar-refractivity contribution in [3.8, 4) is 102 Å². The molecule has 16 aromatic rings. The molecule has 1 aliphatic heterocycles. The number of halogens is 1. The molecule has 0 atom stereocenters. The molecular formula is C90H70BBrN6O4. The zero-order valence-electron chi connectivity index (χ0n) is 57.8. The number of fused-ring (bicyclic) bond motifs is 12. The van der Waals surface area contributed by atoms with Crippen LogP contribution in [-0.2, 0) is 20.1 Å². The second kappa shape index (κ2) is 25.1. The summed E-state index contributed by atoms with van der Waals surface area (Å²) in [6, 6.07) is 95.8. The maximum atomic E-state index is 6.44. The molecule has 102 heavy (non-hydrogen) atoms. The molecule has 0 saturated carbocycles. The third kappa shape index (κ3) is 11.5. The van der Waals surface area contributed by atoms with E-state index in [0.29, 0.717) is 34.9 Å². The second-order valence-electron chi connectivity index (χ2n) is 28.6. The van der Waals surface area contributed by atoms with Crippen molar-refractivity contribution in [2.45, 2.75) is 77.4 Å². The Morgan fingerprint density at radius 1 is 0.265 bits per heavy atom. The van der Waals surface area contributed by atoms with Crippen LogP contribution in [-0.4, -0.2) is 48.2 Å². The minimum Gasteiger partial charge on any atom is -0.456 e. The van der Waals surface area contributed by atoms with Crippen molar-refractivity contribution in [3.05, 3.63) is 306 Å². The Bertz CT molecular complexity index is 5800. The van der Waals surface area contributed by atoms with E-state index in [4.69, 9.17) is 43.1 Å². The fourth-order valence-electron chi connectivity index (χ4n) is 14.6. The first-order valence-corrected chi connectivity index (χ1v) is 35.4. The molecule has 0 bridgehead atoms. The van der Waals surface area contributed by atoms with Crippen molar-refractivity contribution in [3.63, 3.8) is 0 Å². The van der Waals surface area contributed by atoms with E-state index in [0.717, 1.165) is 98.3 Å². The van der Waals surface area contributed by atoms with Gasteiger partial charge in [0.2, 0.25) is 0 Å². The fourth-order valence-corrected chi connectivity index (χ4v) is 15.0. The van der Waals surface area contributed by atoms with Gasteiger partial charge in [-0.3, -0.25) is 0 Å². The van der Waals surface area contributed by atoms with E-state index < -0.39 is 0 Å². The van der Waals surface area contributed by atoms with Gasteiger partial charge < -0.3 is 18.1 Å². The summed E-state index contributed by atoms with van der Waals surface area (Å²) in [5.74, 6) is 3.95. The summed E-state index contributed by atoms with van der Waals surface area (Å²) in [6.45, 7) is 17.5. The summed E-state index contributed by atoms with van der Waals surface area (Å²) in [6.07, 6.45) is 0. The van der Waals surface area contributed by atoms with Gasteiger partial charge in [0.15, 0.2) is 34.9 Å². The summed E-state index contributed by atoms with van der Waals surface area (Å²) in [4.78, 5) is 28.8. The maximum Gasteiger partial charge on any atom is 0.494 e. The van der Waals surface area contributed by atoms with Crippen LogP contribution in [0.25, 0.3) is 146 Å². The van der Waals surface area contributed by atoms with Gasteiger partial charge >= 0.3 is 7.12 Å². The van der Waals surface area contributed by atoms with E-state index in [2.05, 4.69) is 204 Å². The average Bonchev–Trinajstić information content (AvgIpc) is 1.57.